The number of carboxylic acid groups (broad SMARTS) is 1. The van der Waals surface area contributed by atoms with Crippen molar-refractivity contribution < 1.29 is 19.1 Å². The first-order valence-electron chi connectivity index (χ1n) is 6.48. The molecule has 20 heavy (non-hydrogen) atoms. The summed E-state index contributed by atoms with van der Waals surface area (Å²) < 4.78 is 13.7. The Morgan fingerprint density at radius 2 is 2.00 bits per heavy atom. The van der Waals surface area contributed by atoms with Crippen molar-refractivity contribution in [3.63, 3.8) is 0 Å². The van der Waals surface area contributed by atoms with Gasteiger partial charge in [0, 0.05) is 13.6 Å². The lowest BCUT2D eigenvalue weighted by Gasteiger charge is -2.27. The van der Waals surface area contributed by atoms with Crippen LogP contribution in [0.2, 0.25) is 0 Å². The van der Waals surface area contributed by atoms with Gasteiger partial charge in [-0.15, -0.1) is 0 Å². The Morgan fingerprint density at radius 1 is 1.35 bits per heavy atom. The third-order valence-electron chi connectivity index (χ3n) is 3.27. The Bertz CT molecular complexity index is 517. The predicted octanol–water partition coefficient (Wildman–Crippen LogP) is 2.18. The van der Waals surface area contributed by atoms with Crippen molar-refractivity contribution in [2.45, 2.75) is 12.8 Å². The zero-order chi connectivity index (χ0) is 14.7. The number of carboxylic acids is 1. The van der Waals surface area contributed by atoms with E-state index < -0.39 is 17.8 Å². The van der Waals surface area contributed by atoms with Gasteiger partial charge >= 0.3 is 12.0 Å². The van der Waals surface area contributed by atoms with Crippen LogP contribution in [0.5, 0.6) is 0 Å². The summed E-state index contributed by atoms with van der Waals surface area (Å²) in [6.45, 7) is 0.0397. The number of carbonyl (C=O) groups excluding carboxylic acids is 1. The molecular weight excluding hydrogens is 263 g/mol. The fourth-order valence-electron chi connectivity index (χ4n) is 2.02. The summed E-state index contributed by atoms with van der Waals surface area (Å²) in [5, 5.41) is 8.89. The number of carbonyl (C=O) groups is 2. The first-order chi connectivity index (χ1) is 9.49. The molecule has 1 saturated carbocycles. The highest BCUT2D eigenvalue weighted by molar-refractivity contribution is 5.93. The Balaban J connectivity index is 2.13. The van der Waals surface area contributed by atoms with E-state index in [1.165, 1.54) is 30.1 Å². The molecular formula is C14H17FN2O3. The van der Waals surface area contributed by atoms with E-state index in [9.17, 15) is 14.0 Å². The highest BCUT2D eigenvalue weighted by Gasteiger charge is 2.30. The number of benzene rings is 1. The van der Waals surface area contributed by atoms with Crippen LogP contribution >= 0.6 is 0 Å². The molecule has 0 aromatic heterocycles. The van der Waals surface area contributed by atoms with E-state index in [4.69, 9.17) is 5.11 Å². The number of hydrogen-bond donors (Lipinski definition) is 1. The number of nitrogens with zero attached hydrogens (tertiary/aromatic N) is 2. The van der Waals surface area contributed by atoms with Crippen molar-refractivity contribution >= 4 is 17.7 Å². The lowest BCUT2D eigenvalue weighted by molar-refractivity contribution is -0.137. The maximum absolute atomic E-state index is 13.7. The molecule has 2 amide bonds. The monoisotopic (exact) mass is 280 g/mol. The van der Waals surface area contributed by atoms with Crippen LogP contribution in [0.1, 0.15) is 12.8 Å². The van der Waals surface area contributed by atoms with Gasteiger partial charge in [0.25, 0.3) is 0 Å². The van der Waals surface area contributed by atoms with Crippen LogP contribution in [0.4, 0.5) is 14.9 Å². The number of halogens is 1. The zero-order valence-corrected chi connectivity index (χ0v) is 11.3. The first kappa shape index (κ1) is 14.3. The van der Waals surface area contributed by atoms with E-state index in [1.807, 2.05) is 0 Å². The number of rotatable bonds is 5. The van der Waals surface area contributed by atoms with Crippen molar-refractivity contribution in [3.05, 3.63) is 30.1 Å². The summed E-state index contributed by atoms with van der Waals surface area (Å²) in [4.78, 5) is 25.6. The standard InChI is InChI=1S/C14H17FN2O3/c1-16(12-5-3-2-4-11(12)15)14(20)17(9-13(18)19)8-10-6-7-10/h2-5,10H,6-9H2,1H3,(H,18,19). The van der Waals surface area contributed by atoms with Gasteiger partial charge in [-0.1, -0.05) is 12.1 Å². The van der Waals surface area contributed by atoms with E-state index in [0.29, 0.717) is 12.5 Å². The van der Waals surface area contributed by atoms with Crippen molar-refractivity contribution in [2.75, 3.05) is 25.0 Å². The highest BCUT2D eigenvalue weighted by atomic mass is 19.1. The van der Waals surface area contributed by atoms with Crippen LogP contribution < -0.4 is 4.90 Å². The van der Waals surface area contributed by atoms with Crippen LogP contribution in [0.15, 0.2) is 24.3 Å². The van der Waals surface area contributed by atoms with E-state index in [-0.39, 0.29) is 12.2 Å². The largest absolute Gasteiger partial charge is 0.480 e. The van der Waals surface area contributed by atoms with Crippen LogP contribution in [0.25, 0.3) is 0 Å². The molecule has 1 aliphatic rings. The van der Waals surface area contributed by atoms with Crippen molar-refractivity contribution in [2.24, 2.45) is 5.92 Å². The molecule has 0 atom stereocenters. The van der Waals surface area contributed by atoms with Crippen molar-refractivity contribution in [1.82, 2.24) is 4.90 Å². The molecule has 6 heteroatoms. The summed E-state index contributed by atoms with van der Waals surface area (Å²) in [5.41, 5.74) is 0.142. The SMILES string of the molecule is CN(C(=O)N(CC(=O)O)CC1CC1)c1ccccc1F. The van der Waals surface area contributed by atoms with Gasteiger partial charge in [0.15, 0.2) is 0 Å². The number of anilines is 1. The van der Waals surface area contributed by atoms with Gasteiger partial charge in [0.05, 0.1) is 5.69 Å². The van der Waals surface area contributed by atoms with E-state index in [1.54, 1.807) is 6.07 Å². The minimum atomic E-state index is -1.07. The Labute approximate surface area is 116 Å². The van der Waals surface area contributed by atoms with E-state index in [2.05, 4.69) is 0 Å². The average molecular weight is 280 g/mol. The molecule has 0 radical (unpaired) electrons. The molecule has 0 aliphatic heterocycles. The quantitative estimate of drug-likeness (QED) is 0.899. The maximum atomic E-state index is 13.7. The Hall–Kier alpha value is -2.11. The number of hydrogen-bond acceptors (Lipinski definition) is 2. The third kappa shape index (κ3) is 3.46. The van der Waals surface area contributed by atoms with Gasteiger partial charge in [-0.25, -0.2) is 9.18 Å². The fraction of sp³-hybridized carbons (Fsp3) is 0.429. The molecule has 0 spiro atoms. The van der Waals surface area contributed by atoms with Crippen LogP contribution in [0.3, 0.4) is 0 Å². The molecule has 2 rings (SSSR count). The van der Waals surface area contributed by atoms with Crippen LogP contribution in [-0.2, 0) is 4.79 Å². The van der Waals surface area contributed by atoms with Crippen LogP contribution in [0, 0.1) is 11.7 Å². The molecule has 0 saturated heterocycles. The molecule has 1 fully saturated rings. The lowest BCUT2D eigenvalue weighted by Crippen LogP contribution is -2.45. The van der Waals surface area contributed by atoms with Gasteiger partial charge in [0.2, 0.25) is 0 Å². The first-order valence-corrected chi connectivity index (χ1v) is 6.48. The summed E-state index contributed by atoms with van der Waals surface area (Å²) in [7, 11) is 1.45. The van der Waals surface area contributed by atoms with Gasteiger partial charge in [-0.3, -0.25) is 9.69 Å². The van der Waals surface area contributed by atoms with E-state index in [0.717, 1.165) is 17.7 Å². The average Bonchev–Trinajstić information content (AvgIpc) is 3.20. The number of para-hydroxylation sites is 1. The van der Waals surface area contributed by atoms with Gasteiger partial charge in [-0.05, 0) is 30.9 Å². The topological polar surface area (TPSA) is 60.9 Å². The number of aliphatic carboxylic acids is 1. The number of urea groups is 1. The minimum absolute atomic E-state index is 0.142. The molecule has 0 unspecified atom stereocenters. The van der Waals surface area contributed by atoms with E-state index >= 15 is 0 Å². The molecule has 0 bridgehead atoms. The summed E-state index contributed by atoms with van der Waals surface area (Å²) in [6.07, 6.45) is 2.01. The predicted molar refractivity (Wildman–Crippen MR) is 72.1 cm³/mol. The molecule has 1 aromatic carbocycles. The van der Waals surface area contributed by atoms with Crippen molar-refractivity contribution in [3.8, 4) is 0 Å². The normalized spacial score (nSPS) is 13.9. The smallest absolute Gasteiger partial charge is 0.324 e. The molecule has 5 nitrogen and oxygen atoms in total. The zero-order valence-electron chi connectivity index (χ0n) is 11.3. The second-order valence-corrected chi connectivity index (χ2v) is 5.01. The van der Waals surface area contributed by atoms with Crippen molar-refractivity contribution in [1.29, 1.82) is 0 Å². The molecule has 0 heterocycles. The maximum Gasteiger partial charge on any atom is 0.324 e. The number of amides is 2. The fourth-order valence-corrected chi connectivity index (χ4v) is 2.02. The summed E-state index contributed by atoms with van der Waals surface area (Å²) in [5.74, 6) is -1.21. The molecule has 108 valence electrons. The molecule has 1 aliphatic carbocycles. The highest BCUT2D eigenvalue weighted by Crippen LogP contribution is 2.30. The Kier molecular flexibility index (Phi) is 4.22. The lowest BCUT2D eigenvalue weighted by atomic mass is 10.3. The second-order valence-electron chi connectivity index (χ2n) is 5.01. The van der Waals surface area contributed by atoms with Crippen LogP contribution in [-0.4, -0.2) is 42.1 Å². The summed E-state index contributed by atoms with van der Waals surface area (Å²) in [6, 6.07) is 5.43. The van der Waals surface area contributed by atoms with Gasteiger partial charge in [0.1, 0.15) is 12.4 Å². The second kappa shape index (κ2) is 5.90. The molecule has 1 aromatic rings. The van der Waals surface area contributed by atoms with Gasteiger partial charge in [-0.2, -0.15) is 0 Å². The molecule has 1 N–H and O–H groups in total. The minimum Gasteiger partial charge on any atom is -0.480 e. The third-order valence-corrected chi connectivity index (χ3v) is 3.27. The Morgan fingerprint density at radius 3 is 2.55 bits per heavy atom. The van der Waals surface area contributed by atoms with Gasteiger partial charge < -0.3 is 10.0 Å². The summed E-state index contributed by atoms with van der Waals surface area (Å²) >= 11 is 0.